The lowest BCUT2D eigenvalue weighted by Gasteiger charge is -2.26. The average Bonchev–Trinajstić information content (AvgIpc) is 2.29. The Morgan fingerprint density at radius 3 is 2.28 bits per heavy atom. The summed E-state index contributed by atoms with van der Waals surface area (Å²) in [6.45, 7) is 11.6. The minimum Gasteiger partial charge on any atom is -0.330 e. The molecule has 0 fully saturated rings. The fraction of sp³-hybridized carbons (Fsp3) is 0.625. The van der Waals surface area contributed by atoms with Gasteiger partial charge in [-0.2, -0.15) is 0 Å². The molecule has 2 atom stereocenters. The van der Waals surface area contributed by atoms with Crippen LogP contribution in [0.3, 0.4) is 0 Å². The lowest BCUT2D eigenvalue weighted by molar-refractivity contribution is 0.426. The molecular weight excluding hydrogens is 220 g/mol. The van der Waals surface area contributed by atoms with E-state index in [1.807, 2.05) is 0 Å². The molecule has 18 heavy (non-hydrogen) atoms. The van der Waals surface area contributed by atoms with Crippen LogP contribution >= 0.6 is 0 Å². The number of aryl methyl sites for hydroxylation is 1. The molecule has 2 nitrogen and oxygen atoms in total. The van der Waals surface area contributed by atoms with Crippen molar-refractivity contribution in [1.29, 1.82) is 0 Å². The first-order valence-electron chi connectivity index (χ1n) is 6.88. The van der Waals surface area contributed by atoms with Crippen LogP contribution in [0.15, 0.2) is 18.2 Å². The normalized spacial score (nSPS) is 15.5. The maximum atomic E-state index is 6.39. The van der Waals surface area contributed by atoms with E-state index in [0.717, 1.165) is 6.42 Å². The fourth-order valence-electron chi connectivity index (χ4n) is 2.29. The second-order valence-corrected chi connectivity index (χ2v) is 6.25. The van der Waals surface area contributed by atoms with Gasteiger partial charge in [0.1, 0.15) is 0 Å². The van der Waals surface area contributed by atoms with Crippen LogP contribution in [-0.2, 0) is 5.41 Å². The molecule has 0 radical (unpaired) electrons. The largest absolute Gasteiger partial charge is 0.330 e. The Balaban J connectivity index is 3.15. The van der Waals surface area contributed by atoms with Gasteiger partial charge in [0, 0.05) is 6.04 Å². The Kier molecular flexibility index (Phi) is 4.94. The molecule has 1 aromatic rings. The molecule has 102 valence electrons. The molecule has 0 heterocycles. The topological polar surface area (TPSA) is 52.0 Å². The van der Waals surface area contributed by atoms with E-state index in [4.69, 9.17) is 11.5 Å². The lowest BCUT2D eigenvalue weighted by Crippen LogP contribution is -2.28. The summed E-state index contributed by atoms with van der Waals surface area (Å²) in [5.74, 6) is 0.360. The van der Waals surface area contributed by atoms with Crippen LogP contribution in [0, 0.1) is 12.8 Å². The summed E-state index contributed by atoms with van der Waals surface area (Å²) in [6, 6.07) is 6.69. The number of nitrogens with two attached hydrogens (primary N) is 2. The van der Waals surface area contributed by atoms with Crippen molar-refractivity contribution in [3.05, 3.63) is 34.9 Å². The molecule has 2 unspecified atom stereocenters. The van der Waals surface area contributed by atoms with Gasteiger partial charge in [-0.15, -0.1) is 0 Å². The van der Waals surface area contributed by atoms with Crippen molar-refractivity contribution in [2.24, 2.45) is 17.4 Å². The zero-order chi connectivity index (χ0) is 13.9. The molecule has 1 aromatic carbocycles. The first-order valence-corrected chi connectivity index (χ1v) is 6.88. The van der Waals surface area contributed by atoms with Gasteiger partial charge >= 0.3 is 0 Å². The highest BCUT2D eigenvalue weighted by Gasteiger charge is 2.21. The molecule has 0 amide bonds. The maximum absolute atomic E-state index is 6.39. The molecule has 0 saturated carbocycles. The Bertz CT molecular complexity index is 387. The fourth-order valence-corrected chi connectivity index (χ4v) is 2.29. The van der Waals surface area contributed by atoms with Crippen LogP contribution in [0.2, 0.25) is 0 Å². The van der Waals surface area contributed by atoms with E-state index < -0.39 is 0 Å². The van der Waals surface area contributed by atoms with E-state index in [0.29, 0.717) is 12.5 Å². The van der Waals surface area contributed by atoms with Crippen LogP contribution in [-0.4, -0.2) is 6.54 Å². The van der Waals surface area contributed by atoms with Gasteiger partial charge in [0.2, 0.25) is 0 Å². The number of benzene rings is 1. The second-order valence-electron chi connectivity index (χ2n) is 6.25. The summed E-state index contributed by atoms with van der Waals surface area (Å²) in [5, 5.41) is 0. The molecular formula is C16H28N2. The Morgan fingerprint density at radius 1 is 1.22 bits per heavy atom. The molecule has 0 aliphatic heterocycles. The quantitative estimate of drug-likeness (QED) is 0.859. The molecule has 0 bridgehead atoms. The minimum absolute atomic E-state index is 0.0438. The first-order chi connectivity index (χ1) is 8.31. The molecule has 0 aliphatic rings. The van der Waals surface area contributed by atoms with Crippen molar-refractivity contribution < 1.29 is 0 Å². The summed E-state index contributed by atoms with van der Waals surface area (Å²) in [6.07, 6.45) is 1.02. The third-order valence-electron chi connectivity index (χ3n) is 3.84. The van der Waals surface area contributed by atoms with Crippen LogP contribution < -0.4 is 11.5 Å². The highest BCUT2D eigenvalue weighted by molar-refractivity contribution is 5.36. The van der Waals surface area contributed by atoms with Crippen LogP contribution in [0.4, 0.5) is 0 Å². The van der Waals surface area contributed by atoms with Crippen molar-refractivity contribution >= 4 is 0 Å². The van der Waals surface area contributed by atoms with Gasteiger partial charge in [0.05, 0.1) is 0 Å². The molecule has 0 aromatic heterocycles. The smallest absolute Gasteiger partial charge is 0.0338 e. The van der Waals surface area contributed by atoms with E-state index >= 15 is 0 Å². The van der Waals surface area contributed by atoms with E-state index in [2.05, 4.69) is 52.8 Å². The monoisotopic (exact) mass is 248 g/mol. The van der Waals surface area contributed by atoms with Crippen LogP contribution in [0.25, 0.3) is 0 Å². The standard InChI is InChI=1S/C16H28N2/c1-6-12(10-17)15(18)14-9-13(16(3,4)5)8-7-11(14)2/h7-9,12,15H,6,10,17-18H2,1-5H3. The van der Waals surface area contributed by atoms with Crippen molar-refractivity contribution in [3.8, 4) is 0 Å². The zero-order valence-corrected chi connectivity index (χ0v) is 12.5. The van der Waals surface area contributed by atoms with Crippen molar-refractivity contribution in [2.45, 2.75) is 52.5 Å². The summed E-state index contributed by atoms with van der Waals surface area (Å²) in [4.78, 5) is 0. The van der Waals surface area contributed by atoms with E-state index in [1.54, 1.807) is 0 Å². The average molecular weight is 248 g/mol. The van der Waals surface area contributed by atoms with Crippen LogP contribution in [0.1, 0.15) is 56.8 Å². The van der Waals surface area contributed by atoms with Gasteiger partial charge in [-0.05, 0) is 41.5 Å². The maximum Gasteiger partial charge on any atom is 0.0338 e. The van der Waals surface area contributed by atoms with Gasteiger partial charge < -0.3 is 11.5 Å². The number of hydrogen-bond donors (Lipinski definition) is 2. The van der Waals surface area contributed by atoms with E-state index in [-0.39, 0.29) is 11.5 Å². The predicted octanol–water partition coefficient (Wildman–Crippen LogP) is 3.28. The van der Waals surface area contributed by atoms with Crippen molar-refractivity contribution in [2.75, 3.05) is 6.54 Å². The summed E-state index contributed by atoms with van der Waals surface area (Å²) in [5.41, 5.74) is 16.2. The molecule has 2 heteroatoms. The van der Waals surface area contributed by atoms with Crippen molar-refractivity contribution in [3.63, 3.8) is 0 Å². The highest BCUT2D eigenvalue weighted by atomic mass is 14.7. The molecule has 1 rings (SSSR count). The van der Waals surface area contributed by atoms with Crippen LogP contribution in [0.5, 0.6) is 0 Å². The van der Waals surface area contributed by atoms with Gasteiger partial charge in [-0.3, -0.25) is 0 Å². The van der Waals surface area contributed by atoms with Gasteiger partial charge in [-0.25, -0.2) is 0 Å². The van der Waals surface area contributed by atoms with E-state index in [1.165, 1.54) is 16.7 Å². The summed E-state index contributed by atoms with van der Waals surface area (Å²) >= 11 is 0. The second kappa shape index (κ2) is 5.85. The molecule has 0 aliphatic carbocycles. The summed E-state index contributed by atoms with van der Waals surface area (Å²) < 4.78 is 0. The summed E-state index contributed by atoms with van der Waals surface area (Å²) in [7, 11) is 0. The minimum atomic E-state index is 0.0438. The SMILES string of the molecule is CCC(CN)C(N)c1cc(C(C)(C)C)ccc1C. The zero-order valence-electron chi connectivity index (χ0n) is 12.5. The third-order valence-corrected chi connectivity index (χ3v) is 3.84. The number of rotatable bonds is 4. The van der Waals surface area contributed by atoms with Gasteiger partial charge in [0.15, 0.2) is 0 Å². The molecule has 4 N–H and O–H groups in total. The Labute approximate surface area is 112 Å². The first kappa shape index (κ1) is 15.2. The highest BCUT2D eigenvalue weighted by Crippen LogP contribution is 2.29. The third kappa shape index (κ3) is 3.33. The lowest BCUT2D eigenvalue weighted by atomic mass is 9.82. The number of hydrogen-bond acceptors (Lipinski definition) is 2. The van der Waals surface area contributed by atoms with Gasteiger partial charge in [0.25, 0.3) is 0 Å². The van der Waals surface area contributed by atoms with E-state index in [9.17, 15) is 0 Å². The molecule has 0 saturated heterocycles. The van der Waals surface area contributed by atoms with Crippen molar-refractivity contribution in [1.82, 2.24) is 0 Å². The Morgan fingerprint density at radius 2 is 1.83 bits per heavy atom. The van der Waals surface area contributed by atoms with Gasteiger partial charge in [-0.1, -0.05) is 52.3 Å². The predicted molar refractivity (Wildman–Crippen MR) is 79.6 cm³/mol. The molecule has 0 spiro atoms. The Hall–Kier alpha value is -0.860.